The highest BCUT2D eigenvalue weighted by Gasteiger charge is 2.20. The molecule has 0 unspecified atom stereocenters. The van der Waals surface area contributed by atoms with Crippen molar-refractivity contribution in [1.29, 1.82) is 0 Å². The van der Waals surface area contributed by atoms with E-state index >= 15 is 0 Å². The zero-order valence-electron chi connectivity index (χ0n) is 15.9. The third kappa shape index (κ3) is 5.22. The molecule has 1 fully saturated rings. The Labute approximate surface area is 160 Å². The van der Waals surface area contributed by atoms with E-state index < -0.39 is 5.97 Å². The molecule has 1 N–H and O–H groups in total. The Kier molecular flexibility index (Phi) is 6.69. The largest absolute Gasteiger partial charge is 0.494 e. The van der Waals surface area contributed by atoms with Gasteiger partial charge in [0.05, 0.1) is 12.3 Å². The van der Waals surface area contributed by atoms with Crippen LogP contribution in [-0.4, -0.2) is 27.2 Å². The lowest BCUT2D eigenvalue weighted by Crippen LogP contribution is -2.13. The van der Waals surface area contributed by atoms with Gasteiger partial charge < -0.3 is 14.4 Å². The maximum absolute atomic E-state index is 10.8. The van der Waals surface area contributed by atoms with Crippen LogP contribution in [0.1, 0.15) is 63.6 Å². The molecule has 0 radical (unpaired) electrons. The number of unbranched alkanes of at least 4 members (excludes halogenated alkanes) is 1. The second-order valence-electron chi connectivity index (χ2n) is 7.09. The molecule has 1 saturated carbocycles. The number of rotatable bonds is 8. The van der Waals surface area contributed by atoms with Crippen molar-refractivity contribution in [2.75, 3.05) is 6.61 Å². The average molecular weight is 368 g/mol. The number of benzene rings is 1. The molecule has 0 aliphatic heterocycles. The number of carboxylic acid groups (broad SMARTS) is 1. The van der Waals surface area contributed by atoms with Gasteiger partial charge >= 0.3 is 5.97 Å². The summed E-state index contributed by atoms with van der Waals surface area (Å²) in [5.41, 5.74) is 1.71. The van der Waals surface area contributed by atoms with Crippen LogP contribution in [0, 0.1) is 0 Å². The topological polar surface area (TPSA) is 64.3 Å². The molecule has 0 saturated heterocycles. The van der Waals surface area contributed by atoms with Crippen LogP contribution in [0.4, 0.5) is 0 Å². The van der Waals surface area contributed by atoms with Crippen molar-refractivity contribution in [2.24, 2.45) is 0 Å². The maximum Gasteiger partial charge on any atom is 0.328 e. The highest BCUT2D eigenvalue weighted by atomic mass is 16.5. The van der Waals surface area contributed by atoms with Crippen molar-refractivity contribution in [3.05, 3.63) is 42.2 Å². The number of carboxylic acids is 1. The maximum atomic E-state index is 10.8. The Bertz CT molecular complexity index is 771. The lowest BCUT2D eigenvalue weighted by atomic mass is 9.95. The van der Waals surface area contributed by atoms with Gasteiger partial charge in [-0.25, -0.2) is 9.78 Å². The van der Waals surface area contributed by atoms with E-state index in [1.807, 2.05) is 30.5 Å². The van der Waals surface area contributed by atoms with Crippen molar-refractivity contribution in [3.8, 4) is 17.1 Å². The monoisotopic (exact) mass is 368 g/mol. The standard InChI is InChI=1S/C22H28N2O3/c1-2-3-15-27-20-12-9-17(10-13-20)22-23-18(11-14-21(25)26)16-24(22)19-7-5-4-6-8-19/h9-14,16,19H,2-8,15H2,1H3,(H,25,26)/b14-11+. The van der Waals surface area contributed by atoms with E-state index in [0.717, 1.165) is 55.5 Å². The van der Waals surface area contributed by atoms with Crippen LogP contribution in [0.25, 0.3) is 17.5 Å². The van der Waals surface area contributed by atoms with Crippen LogP contribution < -0.4 is 4.74 Å². The van der Waals surface area contributed by atoms with Crippen LogP contribution in [0.15, 0.2) is 36.5 Å². The summed E-state index contributed by atoms with van der Waals surface area (Å²) in [4.78, 5) is 15.6. The minimum Gasteiger partial charge on any atom is -0.494 e. The summed E-state index contributed by atoms with van der Waals surface area (Å²) < 4.78 is 7.98. The number of imidazole rings is 1. The molecule has 1 aliphatic rings. The predicted molar refractivity (Wildman–Crippen MR) is 107 cm³/mol. The third-order valence-corrected chi connectivity index (χ3v) is 4.99. The lowest BCUT2D eigenvalue weighted by molar-refractivity contribution is -0.131. The van der Waals surface area contributed by atoms with E-state index in [4.69, 9.17) is 14.8 Å². The molecule has 5 nitrogen and oxygen atoms in total. The van der Waals surface area contributed by atoms with E-state index in [2.05, 4.69) is 11.5 Å². The van der Waals surface area contributed by atoms with Crippen LogP contribution in [0.2, 0.25) is 0 Å². The smallest absolute Gasteiger partial charge is 0.328 e. The minimum absolute atomic E-state index is 0.425. The molecular weight excluding hydrogens is 340 g/mol. The summed E-state index contributed by atoms with van der Waals surface area (Å²) in [5.74, 6) is 0.804. The van der Waals surface area contributed by atoms with Gasteiger partial charge in [0.2, 0.25) is 0 Å². The van der Waals surface area contributed by atoms with Gasteiger partial charge in [0, 0.05) is 23.9 Å². The van der Waals surface area contributed by atoms with Crippen LogP contribution in [0.3, 0.4) is 0 Å². The molecule has 0 bridgehead atoms. The average Bonchev–Trinajstić information content (AvgIpc) is 3.12. The van der Waals surface area contributed by atoms with Gasteiger partial charge in [-0.3, -0.25) is 0 Å². The molecule has 27 heavy (non-hydrogen) atoms. The number of ether oxygens (including phenoxy) is 1. The molecule has 0 amide bonds. The second-order valence-corrected chi connectivity index (χ2v) is 7.09. The van der Waals surface area contributed by atoms with Gasteiger partial charge in [0.1, 0.15) is 11.6 Å². The van der Waals surface area contributed by atoms with Crippen molar-refractivity contribution in [3.63, 3.8) is 0 Å². The van der Waals surface area contributed by atoms with Gasteiger partial charge in [-0.2, -0.15) is 0 Å². The van der Waals surface area contributed by atoms with E-state index in [0.29, 0.717) is 11.7 Å². The first-order chi connectivity index (χ1) is 13.2. The third-order valence-electron chi connectivity index (χ3n) is 4.99. The molecule has 0 atom stereocenters. The fraction of sp³-hybridized carbons (Fsp3) is 0.455. The minimum atomic E-state index is -0.961. The fourth-order valence-electron chi connectivity index (χ4n) is 3.54. The molecule has 1 heterocycles. The molecule has 2 aromatic rings. The summed E-state index contributed by atoms with van der Waals surface area (Å²) >= 11 is 0. The van der Waals surface area contributed by atoms with Gasteiger partial charge in [0.25, 0.3) is 0 Å². The molecular formula is C22H28N2O3. The van der Waals surface area contributed by atoms with E-state index in [9.17, 15) is 4.79 Å². The number of carbonyl (C=O) groups is 1. The zero-order valence-corrected chi connectivity index (χ0v) is 15.9. The summed E-state index contributed by atoms with van der Waals surface area (Å²) in [6.45, 7) is 2.88. The summed E-state index contributed by atoms with van der Waals surface area (Å²) in [5, 5.41) is 8.90. The lowest BCUT2D eigenvalue weighted by Gasteiger charge is -2.24. The second kappa shape index (κ2) is 9.40. The molecule has 0 spiro atoms. The Balaban J connectivity index is 1.86. The predicted octanol–water partition coefficient (Wildman–Crippen LogP) is 5.33. The Morgan fingerprint density at radius 3 is 2.67 bits per heavy atom. The van der Waals surface area contributed by atoms with Crippen molar-refractivity contribution in [2.45, 2.75) is 57.9 Å². The Morgan fingerprint density at radius 2 is 2.00 bits per heavy atom. The number of aliphatic carboxylic acids is 1. The van der Waals surface area contributed by atoms with Crippen molar-refractivity contribution in [1.82, 2.24) is 9.55 Å². The zero-order chi connectivity index (χ0) is 19.1. The molecule has 5 heteroatoms. The van der Waals surface area contributed by atoms with Gasteiger partial charge in [0.15, 0.2) is 0 Å². The quantitative estimate of drug-likeness (QED) is 0.505. The molecule has 1 aliphatic carbocycles. The summed E-state index contributed by atoms with van der Waals surface area (Å²) in [6, 6.07) is 8.46. The van der Waals surface area contributed by atoms with Crippen molar-refractivity contribution < 1.29 is 14.6 Å². The van der Waals surface area contributed by atoms with Crippen molar-refractivity contribution >= 4 is 12.0 Å². The van der Waals surface area contributed by atoms with E-state index in [-0.39, 0.29) is 0 Å². The molecule has 1 aromatic carbocycles. The normalized spacial score (nSPS) is 15.3. The first-order valence-electron chi connectivity index (χ1n) is 9.90. The summed E-state index contributed by atoms with van der Waals surface area (Å²) in [6.07, 6.45) is 12.9. The van der Waals surface area contributed by atoms with Gasteiger partial charge in [-0.15, -0.1) is 0 Å². The molecule has 1 aromatic heterocycles. The first-order valence-corrected chi connectivity index (χ1v) is 9.90. The Morgan fingerprint density at radius 1 is 1.26 bits per heavy atom. The van der Waals surface area contributed by atoms with E-state index in [1.165, 1.54) is 19.3 Å². The number of nitrogens with zero attached hydrogens (tertiary/aromatic N) is 2. The number of hydrogen-bond donors (Lipinski definition) is 1. The number of aromatic nitrogens is 2. The molecule has 144 valence electrons. The van der Waals surface area contributed by atoms with Crippen LogP contribution in [0.5, 0.6) is 5.75 Å². The van der Waals surface area contributed by atoms with Crippen LogP contribution >= 0.6 is 0 Å². The van der Waals surface area contributed by atoms with Crippen LogP contribution in [-0.2, 0) is 4.79 Å². The first kappa shape index (κ1) is 19.2. The van der Waals surface area contributed by atoms with E-state index in [1.54, 1.807) is 6.08 Å². The highest BCUT2D eigenvalue weighted by Crippen LogP contribution is 2.33. The van der Waals surface area contributed by atoms with Gasteiger partial charge in [-0.1, -0.05) is 32.6 Å². The molecule has 3 rings (SSSR count). The summed E-state index contributed by atoms with van der Waals surface area (Å²) in [7, 11) is 0. The SMILES string of the molecule is CCCCOc1ccc(-c2nc(/C=C/C(=O)O)cn2C2CCCCC2)cc1. The Hall–Kier alpha value is -2.56. The fourth-order valence-corrected chi connectivity index (χ4v) is 3.54. The number of hydrogen-bond acceptors (Lipinski definition) is 3. The highest BCUT2D eigenvalue weighted by molar-refractivity contribution is 5.85. The van der Waals surface area contributed by atoms with Gasteiger partial charge in [-0.05, 0) is 49.6 Å².